The third kappa shape index (κ3) is 3.16. The van der Waals surface area contributed by atoms with Gasteiger partial charge >= 0.3 is 0 Å². The third-order valence-corrected chi connectivity index (χ3v) is 5.08. The van der Waals surface area contributed by atoms with E-state index in [1.54, 1.807) is 16.8 Å². The number of carbonyl (C=O) groups excluding carboxylic acids is 1. The fraction of sp³-hybridized carbons (Fsp3) is 0.333. The SMILES string of the molecule is Cc1cc(C)n(-c2ccc(NC(=O)c3cc(C)n(C4CC4)c3C)cc2F)n1. The number of halogens is 1. The summed E-state index contributed by atoms with van der Waals surface area (Å²) in [5.41, 5.74) is 5.18. The summed E-state index contributed by atoms with van der Waals surface area (Å²) in [5, 5.41) is 7.13. The molecule has 0 bridgehead atoms. The number of aromatic nitrogens is 3. The van der Waals surface area contributed by atoms with Crippen LogP contribution in [0.25, 0.3) is 5.69 Å². The molecule has 2 aromatic heterocycles. The van der Waals surface area contributed by atoms with Gasteiger partial charge in [-0.1, -0.05) is 0 Å². The lowest BCUT2D eigenvalue weighted by Gasteiger charge is -2.10. The van der Waals surface area contributed by atoms with Crippen LogP contribution >= 0.6 is 0 Å². The van der Waals surface area contributed by atoms with Gasteiger partial charge in [-0.15, -0.1) is 0 Å². The average molecular weight is 366 g/mol. The number of rotatable bonds is 4. The van der Waals surface area contributed by atoms with Gasteiger partial charge < -0.3 is 9.88 Å². The molecule has 27 heavy (non-hydrogen) atoms. The maximum Gasteiger partial charge on any atom is 0.257 e. The Bertz CT molecular complexity index is 1040. The van der Waals surface area contributed by atoms with E-state index in [0.717, 1.165) is 35.6 Å². The summed E-state index contributed by atoms with van der Waals surface area (Å²) in [6, 6.07) is 8.99. The van der Waals surface area contributed by atoms with Crippen LogP contribution in [0.2, 0.25) is 0 Å². The van der Waals surface area contributed by atoms with Crippen LogP contribution in [0.5, 0.6) is 0 Å². The van der Waals surface area contributed by atoms with E-state index in [1.807, 2.05) is 39.8 Å². The molecule has 0 radical (unpaired) electrons. The first-order chi connectivity index (χ1) is 12.8. The van der Waals surface area contributed by atoms with Gasteiger partial charge in [0.05, 0.1) is 11.3 Å². The topological polar surface area (TPSA) is 51.9 Å². The van der Waals surface area contributed by atoms with E-state index in [2.05, 4.69) is 15.0 Å². The van der Waals surface area contributed by atoms with Crippen LogP contribution in [0.4, 0.5) is 10.1 Å². The lowest BCUT2D eigenvalue weighted by Crippen LogP contribution is -2.14. The number of anilines is 1. The Kier molecular flexibility index (Phi) is 4.13. The van der Waals surface area contributed by atoms with Gasteiger partial charge in [0.2, 0.25) is 0 Å². The Labute approximate surface area is 157 Å². The summed E-state index contributed by atoms with van der Waals surface area (Å²) in [7, 11) is 0. The molecule has 140 valence electrons. The van der Waals surface area contributed by atoms with Crippen LogP contribution in [-0.4, -0.2) is 20.3 Å². The maximum atomic E-state index is 14.6. The van der Waals surface area contributed by atoms with E-state index in [4.69, 9.17) is 0 Å². The third-order valence-electron chi connectivity index (χ3n) is 5.08. The van der Waals surface area contributed by atoms with E-state index in [9.17, 15) is 9.18 Å². The smallest absolute Gasteiger partial charge is 0.257 e. The molecule has 1 aromatic carbocycles. The first-order valence-electron chi connectivity index (χ1n) is 9.18. The maximum absolute atomic E-state index is 14.6. The second-order valence-electron chi connectivity index (χ2n) is 7.35. The minimum atomic E-state index is -0.428. The van der Waals surface area contributed by atoms with Gasteiger partial charge in [0.15, 0.2) is 5.82 Å². The van der Waals surface area contributed by atoms with E-state index in [0.29, 0.717) is 23.0 Å². The van der Waals surface area contributed by atoms with Gasteiger partial charge in [0, 0.05) is 28.8 Å². The van der Waals surface area contributed by atoms with Gasteiger partial charge in [0.25, 0.3) is 5.91 Å². The number of hydrogen-bond donors (Lipinski definition) is 1. The minimum absolute atomic E-state index is 0.215. The first-order valence-corrected chi connectivity index (χ1v) is 9.18. The summed E-state index contributed by atoms with van der Waals surface area (Å²) in [4.78, 5) is 12.7. The lowest BCUT2D eigenvalue weighted by molar-refractivity contribution is 0.102. The predicted octanol–water partition coefficient (Wildman–Crippen LogP) is 4.63. The van der Waals surface area contributed by atoms with Crippen molar-refractivity contribution in [1.29, 1.82) is 0 Å². The fourth-order valence-corrected chi connectivity index (χ4v) is 3.73. The van der Waals surface area contributed by atoms with Crippen LogP contribution in [0.15, 0.2) is 30.3 Å². The van der Waals surface area contributed by atoms with Crippen LogP contribution in [0.3, 0.4) is 0 Å². The molecule has 1 N–H and O–H groups in total. The molecule has 0 atom stereocenters. The van der Waals surface area contributed by atoms with E-state index in [-0.39, 0.29) is 5.91 Å². The van der Waals surface area contributed by atoms with E-state index in [1.165, 1.54) is 6.07 Å². The predicted molar refractivity (Wildman–Crippen MR) is 103 cm³/mol. The Morgan fingerprint density at radius 1 is 1.11 bits per heavy atom. The highest BCUT2D eigenvalue weighted by Crippen LogP contribution is 2.38. The molecule has 1 aliphatic rings. The molecule has 1 aliphatic carbocycles. The molecular weight excluding hydrogens is 343 g/mol. The van der Waals surface area contributed by atoms with Crippen molar-refractivity contribution in [2.45, 2.75) is 46.6 Å². The summed E-state index contributed by atoms with van der Waals surface area (Å²) in [5.74, 6) is -0.643. The molecule has 6 heteroatoms. The first kappa shape index (κ1) is 17.5. The van der Waals surface area contributed by atoms with Crippen LogP contribution in [0.1, 0.15) is 52.0 Å². The van der Waals surface area contributed by atoms with E-state index >= 15 is 0 Å². The second kappa shape index (κ2) is 6.37. The minimum Gasteiger partial charge on any atom is -0.345 e. The molecule has 0 spiro atoms. The molecule has 0 saturated heterocycles. The molecule has 5 nitrogen and oxygen atoms in total. The monoisotopic (exact) mass is 366 g/mol. The number of benzene rings is 1. The van der Waals surface area contributed by atoms with Crippen molar-refractivity contribution in [2.75, 3.05) is 5.32 Å². The van der Waals surface area contributed by atoms with Crippen LogP contribution < -0.4 is 5.32 Å². The molecule has 0 aliphatic heterocycles. The van der Waals surface area contributed by atoms with Gasteiger partial charge in [-0.2, -0.15) is 5.10 Å². The molecule has 3 aromatic rings. The number of hydrogen-bond acceptors (Lipinski definition) is 2. The summed E-state index contributed by atoms with van der Waals surface area (Å²) in [6.45, 7) is 7.73. The molecule has 2 heterocycles. The molecule has 1 saturated carbocycles. The van der Waals surface area contributed by atoms with Gasteiger partial charge in [-0.25, -0.2) is 9.07 Å². The highest BCUT2D eigenvalue weighted by molar-refractivity contribution is 6.05. The molecule has 1 amide bonds. The fourth-order valence-electron chi connectivity index (χ4n) is 3.73. The van der Waals surface area contributed by atoms with Crippen molar-refractivity contribution in [3.63, 3.8) is 0 Å². The standard InChI is InChI=1S/C21H23FN4O/c1-12-9-14(3)26(24-12)20-8-5-16(11-19(20)22)23-21(27)18-10-13(2)25(15(18)4)17-6-7-17/h5,8-11,17H,6-7H2,1-4H3,(H,23,27). The van der Waals surface area contributed by atoms with Crippen LogP contribution in [-0.2, 0) is 0 Å². The molecule has 1 fully saturated rings. The number of amides is 1. The number of carbonyl (C=O) groups is 1. The highest BCUT2D eigenvalue weighted by Gasteiger charge is 2.28. The Hall–Kier alpha value is -2.89. The molecular formula is C21H23FN4O. The zero-order valence-corrected chi connectivity index (χ0v) is 16.0. The second-order valence-corrected chi connectivity index (χ2v) is 7.35. The average Bonchev–Trinajstić information content (AvgIpc) is 3.30. The van der Waals surface area contributed by atoms with E-state index < -0.39 is 5.82 Å². The Morgan fingerprint density at radius 3 is 2.44 bits per heavy atom. The van der Waals surface area contributed by atoms with Crippen molar-refractivity contribution in [1.82, 2.24) is 14.3 Å². The largest absolute Gasteiger partial charge is 0.345 e. The molecule has 4 rings (SSSR count). The normalized spacial score (nSPS) is 13.8. The quantitative estimate of drug-likeness (QED) is 0.732. The van der Waals surface area contributed by atoms with Crippen molar-refractivity contribution in [2.24, 2.45) is 0 Å². The van der Waals surface area contributed by atoms with Crippen LogP contribution in [0, 0.1) is 33.5 Å². The number of nitrogens with one attached hydrogen (secondary N) is 1. The van der Waals surface area contributed by atoms with Crippen molar-refractivity contribution < 1.29 is 9.18 Å². The van der Waals surface area contributed by atoms with Gasteiger partial charge in [0.1, 0.15) is 5.69 Å². The zero-order chi connectivity index (χ0) is 19.3. The summed E-state index contributed by atoms with van der Waals surface area (Å²) in [6.07, 6.45) is 2.33. The number of aryl methyl sites for hydroxylation is 3. The summed E-state index contributed by atoms with van der Waals surface area (Å²) < 4.78 is 18.4. The van der Waals surface area contributed by atoms with Gasteiger partial charge in [-0.3, -0.25) is 4.79 Å². The van der Waals surface area contributed by atoms with Gasteiger partial charge in [-0.05, 0) is 70.9 Å². The van der Waals surface area contributed by atoms with Crippen molar-refractivity contribution in [3.8, 4) is 5.69 Å². The van der Waals surface area contributed by atoms with Crippen molar-refractivity contribution >= 4 is 11.6 Å². The summed E-state index contributed by atoms with van der Waals surface area (Å²) >= 11 is 0. The molecule has 0 unspecified atom stereocenters. The lowest BCUT2D eigenvalue weighted by atomic mass is 10.2. The zero-order valence-electron chi connectivity index (χ0n) is 16.0. The van der Waals surface area contributed by atoms with Crippen molar-refractivity contribution in [3.05, 3.63) is 64.5 Å². The Morgan fingerprint density at radius 2 is 1.85 bits per heavy atom. The number of nitrogens with zero attached hydrogens (tertiary/aromatic N) is 3. The Balaban J connectivity index is 1.58. The highest BCUT2D eigenvalue weighted by atomic mass is 19.1.